The lowest BCUT2D eigenvalue weighted by atomic mass is 9.94. The predicted molar refractivity (Wildman–Crippen MR) is 118 cm³/mol. The van der Waals surface area contributed by atoms with Gasteiger partial charge in [0.25, 0.3) is 0 Å². The molecule has 1 aromatic carbocycles. The molecule has 0 unspecified atom stereocenters. The Hall–Kier alpha value is -2.65. The highest BCUT2D eigenvalue weighted by Gasteiger charge is 2.30. The molecule has 30 heavy (non-hydrogen) atoms. The molecule has 6 heteroatoms. The molecule has 1 aliphatic rings. The van der Waals surface area contributed by atoms with Gasteiger partial charge in [0.2, 0.25) is 5.91 Å². The van der Waals surface area contributed by atoms with E-state index in [1.54, 1.807) is 0 Å². The number of rotatable bonds is 8. The summed E-state index contributed by atoms with van der Waals surface area (Å²) in [6.07, 6.45) is 2.62. The Kier molecular flexibility index (Phi) is 6.94. The monoisotopic (exact) mass is 407 g/mol. The predicted octanol–water partition coefficient (Wildman–Crippen LogP) is 3.30. The number of nitrogens with one attached hydrogen (secondary N) is 1. The molecule has 0 bridgehead atoms. The van der Waals surface area contributed by atoms with Crippen LogP contribution in [0.3, 0.4) is 0 Å². The van der Waals surface area contributed by atoms with Crippen LogP contribution in [0.4, 0.5) is 0 Å². The number of benzene rings is 1. The van der Waals surface area contributed by atoms with Crippen molar-refractivity contribution in [3.8, 4) is 6.07 Å². The van der Waals surface area contributed by atoms with Gasteiger partial charge in [-0.3, -0.25) is 14.4 Å². The van der Waals surface area contributed by atoms with Crippen molar-refractivity contribution in [3.05, 3.63) is 52.3 Å². The quantitative estimate of drug-likeness (QED) is 0.729. The minimum atomic E-state index is -0.1000. The van der Waals surface area contributed by atoms with Gasteiger partial charge >= 0.3 is 0 Å². The molecule has 0 atom stereocenters. The Labute approximate surface area is 179 Å². The molecule has 160 valence electrons. The first-order chi connectivity index (χ1) is 14.3. The second-order valence-corrected chi connectivity index (χ2v) is 8.81. The van der Waals surface area contributed by atoms with E-state index in [9.17, 15) is 4.79 Å². The number of amides is 1. The molecule has 0 saturated carbocycles. The van der Waals surface area contributed by atoms with Crippen LogP contribution in [0.5, 0.6) is 0 Å². The van der Waals surface area contributed by atoms with Gasteiger partial charge in [0, 0.05) is 37.3 Å². The SMILES string of the molecule is Cc1nn(CCC#N)c(C)c1CCC(=O)NCC(C)(C)N1CCc2ccccc2C1. The number of nitrogens with zero attached hydrogens (tertiary/aromatic N) is 4. The molecule has 0 spiro atoms. The molecular formula is C24H33N5O. The molecule has 0 aliphatic carbocycles. The summed E-state index contributed by atoms with van der Waals surface area (Å²) < 4.78 is 1.88. The van der Waals surface area contributed by atoms with E-state index in [0.29, 0.717) is 32.4 Å². The molecular weight excluding hydrogens is 374 g/mol. The number of hydrogen-bond acceptors (Lipinski definition) is 4. The van der Waals surface area contributed by atoms with E-state index in [1.165, 1.54) is 11.1 Å². The molecule has 2 heterocycles. The summed E-state index contributed by atoms with van der Waals surface area (Å²) in [5.74, 6) is 0.0732. The summed E-state index contributed by atoms with van der Waals surface area (Å²) in [5.41, 5.74) is 5.86. The fraction of sp³-hybridized carbons (Fsp3) is 0.542. The van der Waals surface area contributed by atoms with E-state index < -0.39 is 0 Å². The number of carbonyl (C=O) groups is 1. The summed E-state index contributed by atoms with van der Waals surface area (Å²) in [5, 5.41) is 16.5. The molecule has 6 nitrogen and oxygen atoms in total. The largest absolute Gasteiger partial charge is 0.354 e. The second kappa shape index (κ2) is 9.44. The number of aryl methyl sites for hydroxylation is 2. The third-order valence-electron chi connectivity index (χ3n) is 6.27. The highest BCUT2D eigenvalue weighted by Crippen LogP contribution is 2.25. The molecule has 0 saturated heterocycles. The van der Waals surface area contributed by atoms with E-state index >= 15 is 0 Å². The number of carbonyl (C=O) groups excluding carboxylic acids is 1. The van der Waals surface area contributed by atoms with Crippen LogP contribution in [-0.4, -0.2) is 39.2 Å². The number of nitriles is 1. The highest BCUT2D eigenvalue weighted by molar-refractivity contribution is 5.76. The topological polar surface area (TPSA) is 73.9 Å². The van der Waals surface area contributed by atoms with Crippen molar-refractivity contribution in [2.45, 2.75) is 72.0 Å². The van der Waals surface area contributed by atoms with Gasteiger partial charge in [0.15, 0.2) is 0 Å². The number of aromatic nitrogens is 2. The zero-order valence-electron chi connectivity index (χ0n) is 18.7. The zero-order valence-corrected chi connectivity index (χ0v) is 18.7. The first-order valence-electron chi connectivity index (χ1n) is 10.8. The van der Waals surface area contributed by atoms with Gasteiger partial charge in [-0.2, -0.15) is 10.4 Å². The van der Waals surface area contributed by atoms with Gasteiger partial charge in [-0.15, -0.1) is 0 Å². The fourth-order valence-electron chi connectivity index (χ4n) is 4.24. The normalized spacial score (nSPS) is 14.2. The molecule has 3 rings (SSSR count). The minimum absolute atomic E-state index is 0.0732. The summed E-state index contributed by atoms with van der Waals surface area (Å²) in [6.45, 7) is 11.6. The minimum Gasteiger partial charge on any atom is -0.354 e. The maximum absolute atomic E-state index is 12.5. The standard InChI is InChI=1S/C24H33N5O/c1-18-22(19(2)29(27-18)14-7-13-25)10-11-23(30)26-17-24(3,4)28-15-12-20-8-5-6-9-21(20)16-28/h5-6,8-9H,7,10-12,14-17H2,1-4H3,(H,26,30). The van der Waals surface area contributed by atoms with E-state index in [0.717, 1.165) is 36.5 Å². The third kappa shape index (κ3) is 5.09. The molecule has 0 radical (unpaired) electrons. The smallest absolute Gasteiger partial charge is 0.220 e. The molecule has 0 fully saturated rings. The Morgan fingerprint density at radius 1 is 1.27 bits per heavy atom. The first kappa shape index (κ1) is 22.0. The zero-order chi connectivity index (χ0) is 21.7. The molecule has 1 aliphatic heterocycles. The van der Waals surface area contributed by atoms with Crippen LogP contribution in [0.25, 0.3) is 0 Å². The van der Waals surface area contributed by atoms with Crippen molar-refractivity contribution >= 4 is 5.91 Å². The summed E-state index contributed by atoms with van der Waals surface area (Å²) in [4.78, 5) is 15.0. The van der Waals surface area contributed by atoms with Crippen LogP contribution in [0.2, 0.25) is 0 Å². The summed E-state index contributed by atoms with van der Waals surface area (Å²) in [6, 6.07) is 10.8. The summed E-state index contributed by atoms with van der Waals surface area (Å²) in [7, 11) is 0. The molecule has 1 aromatic heterocycles. The average molecular weight is 408 g/mol. The third-order valence-corrected chi connectivity index (χ3v) is 6.27. The lowest BCUT2D eigenvalue weighted by Gasteiger charge is -2.41. The Bertz CT molecular complexity index is 938. The van der Waals surface area contributed by atoms with Crippen molar-refractivity contribution in [1.82, 2.24) is 20.0 Å². The lowest BCUT2D eigenvalue weighted by molar-refractivity contribution is -0.121. The van der Waals surface area contributed by atoms with Crippen LogP contribution < -0.4 is 5.32 Å². The van der Waals surface area contributed by atoms with Crippen molar-refractivity contribution < 1.29 is 4.79 Å². The maximum Gasteiger partial charge on any atom is 0.220 e. The first-order valence-corrected chi connectivity index (χ1v) is 10.8. The van der Waals surface area contributed by atoms with Gasteiger partial charge in [0.1, 0.15) is 0 Å². The van der Waals surface area contributed by atoms with E-state index in [-0.39, 0.29) is 11.4 Å². The average Bonchev–Trinajstić information content (AvgIpc) is 3.01. The molecule has 1 amide bonds. The van der Waals surface area contributed by atoms with Crippen molar-refractivity contribution in [1.29, 1.82) is 5.26 Å². The van der Waals surface area contributed by atoms with Crippen LogP contribution in [-0.2, 0) is 30.7 Å². The fourth-order valence-corrected chi connectivity index (χ4v) is 4.24. The van der Waals surface area contributed by atoms with E-state index in [4.69, 9.17) is 5.26 Å². The Morgan fingerprint density at radius 3 is 2.73 bits per heavy atom. The lowest BCUT2D eigenvalue weighted by Crippen LogP contribution is -2.53. The number of fused-ring (bicyclic) bond motifs is 1. The second-order valence-electron chi connectivity index (χ2n) is 8.81. The highest BCUT2D eigenvalue weighted by atomic mass is 16.1. The van der Waals surface area contributed by atoms with Crippen molar-refractivity contribution in [2.75, 3.05) is 13.1 Å². The maximum atomic E-state index is 12.5. The van der Waals surface area contributed by atoms with Gasteiger partial charge < -0.3 is 5.32 Å². The van der Waals surface area contributed by atoms with Gasteiger partial charge in [-0.25, -0.2) is 0 Å². The van der Waals surface area contributed by atoms with Crippen LogP contribution in [0.1, 0.15) is 54.8 Å². The van der Waals surface area contributed by atoms with Crippen LogP contribution in [0, 0.1) is 25.2 Å². The van der Waals surface area contributed by atoms with Gasteiger partial charge in [-0.05, 0) is 57.2 Å². The Morgan fingerprint density at radius 2 is 2.00 bits per heavy atom. The molecule has 1 N–H and O–H groups in total. The molecule has 2 aromatic rings. The van der Waals surface area contributed by atoms with Crippen LogP contribution in [0.15, 0.2) is 24.3 Å². The van der Waals surface area contributed by atoms with E-state index in [1.807, 2.05) is 18.5 Å². The van der Waals surface area contributed by atoms with Crippen molar-refractivity contribution in [2.24, 2.45) is 0 Å². The van der Waals surface area contributed by atoms with Crippen LogP contribution >= 0.6 is 0 Å². The summed E-state index contributed by atoms with van der Waals surface area (Å²) >= 11 is 0. The Balaban J connectivity index is 1.51. The number of hydrogen-bond donors (Lipinski definition) is 1. The van der Waals surface area contributed by atoms with Gasteiger partial charge in [-0.1, -0.05) is 24.3 Å². The van der Waals surface area contributed by atoms with Crippen molar-refractivity contribution in [3.63, 3.8) is 0 Å². The van der Waals surface area contributed by atoms with Gasteiger partial charge in [0.05, 0.1) is 24.7 Å². The van der Waals surface area contributed by atoms with E-state index in [2.05, 4.69) is 59.5 Å².